The molecule has 0 unspecified atom stereocenters. The Morgan fingerprint density at radius 1 is 0.923 bits per heavy atom. The molecule has 26 heavy (non-hydrogen) atoms. The van der Waals surface area contributed by atoms with Crippen LogP contribution in [0.15, 0.2) is 42.5 Å². The molecule has 136 valence electrons. The first-order valence-corrected chi connectivity index (χ1v) is 9.88. The van der Waals surface area contributed by atoms with E-state index < -0.39 is 0 Å². The lowest BCUT2D eigenvalue weighted by atomic mass is 10.1. The van der Waals surface area contributed by atoms with Crippen molar-refractivity contribution in [2.75, 3.05) is 26.2 Å². The summed E-state index contributed by atoms with van der Waals surface area (Å²) in [7, 11) is 0. The first-order valence-electron chi connectivity index (χ1n) is 9.88. The van der Waals surface area contributed by atoms with Crippen LogP contribution in [-0.2, 0) is 19.4 Å². The van der Waals surface area contributed by atoms with Gasteiger partial charge in [-0.15, -0.1) is 0 Å². The molecule has 2 aliphatic rings. The fourth-order valence-corrected chi connectivity index (χ4v) is 4.25. The van der Waals surface area contributed by atoms with Crippen molar-refractivity contribution in [3.05, 3.63) is 70.3 Å². The fourth-order valence-electron chi connectivity index (χ4n) is 4.25. The summed E-state index contributed by atoms with van der Waals surface area (Å²) in [6.45, 7) is 6.85. The third-order valence-electron chi connectivity index (χ3n) is 5.88. The van der Waals surface area contributed by atoms with E-state index >= 15 is 0 Å². The first kappa shape index (κ1) is 17.3. The molecule has 1 aliphatic carbocycles. The first-order chi connectivity index (χ1) is 12.7. The van der Waals surface area contributed by atoms with Crippen LogP contribution >= 0.6 is 0 Å². The number of aryl methyl sites for hydroxylation is 3. The second-order valence-corrected chi connectivity index (χ2v) is 7.69. The number of carbonyl (C=O) groups excluding carboxylic acids is 1. The van der Waals surface area contributed by atoms with Gasteiger partial charge in [0, 0.05) is 38.3 Å². The van der Waals surface area contributed by atoms with Crippen LogP contribution in [0.2, 0.25) is 0 Å². The Labute approximate surface area is 156 Å². The summed E-state index contributed by atoms with van der Waals surface area (Å²) < 4.78 is 0. The highest BCUT2D eigenvalue weighted by Gasteiger charge is 2.22. The van der Waals surface area contributed by atoms with Gasteiger partial charge in [-0.25, -0.2) is 0 Å². The van der Waals surface area contributed by atoms with Crippen molar-refractivity contribution < 1.29 is 4.79 Å². The minimum atomic E-state index is 0.206. The van der Waals surface area contributed by atoms with E-state index in [1.165, 1.54) is 35.1 Å². The topological polar surface area (TPSA) is 23.6 Å². The third kappa shape index (κ3) is 3.68. The van der Waals surface area contributed by atoms with E-state index in [0.717, 1.165) is 51.1 Å². The lowest BCUT2D eigenvalue weighted by Gasteiger charge is -2.23. The molecule has 3 nitrogen and oxygen atoms in total. The Bertz CT molecular complexity index is 799. The molecule has 1 amide bonds. The minimum Gasteiger partial charge on any atom is -0.337 e. The van der Waals surface area contributed by atoms with Gasteiger partial charge in [0.2, 0.25) is 0 Å². The Morgan fingerprint density at radius 3 is 2.65 bits per heavy atom. The average molecular weight is 348 g/mol. The van der Waals surface area contributed by atoms with Crippen LogP contribution in [0, 0.1) is 6.92 Å². The van der Waals surface area contributed by atoms with Gasteiger partial charge in [0.05, 0.1) is 0 Å². The highest BCUT2D eigenvalue weighted by molar-refractivity contribution is 5.94. The monoisotopic (exact) mass is 348 g/mol. The summed E-state index contributed by atoms with van der Waals surface area (Å²) in [5, 5.41) is 0. The quantitative estimate of drug-likeness (QED) is 0.842. The number of carbonyl (C=O) groups is 1. The molecule has 4 rings (SSSR count). The molecule has 0 spiro atoms. The second-order valence-electron chi connectivity index (χ2n) is 7.69. The molecule has 0 atom stereocenters. The molecular weight excluding hydrogens is 320 g/mol. The van der Waals surface area contributed by atoms with E-state index in [2.05, 4.69) is 53.1 Å². The van der Waals surface area contributed by atoms with E-state index in [0.29, 0.717) is 0 Å². The zero-order valence-electron chi connectivity index (χ0n) is 15.7. The van der Waals surface area contributed by atoms with Gasteiger partial charge in [-0.1, -0.05) is 30.3 Å². The van der Waals surface area contributed by atoms with Crippen LogP contribution < -0.4 is 0 Å². The van der Waals surface area contributed by atoms with Crippen molar-refractivity contribution in [2.45, 2.75) is 39.2 Å². The van der Waals surface area contributed by atoms with Crippen LogP contribution in [0.25, 0.3) is 0 Å². The van der Waals surface area contributed by atoms with Crippen molar-refractivity contribution in [1.82, 2.24) is 9.80 Å². The maximum atomic E-state index is 13.0. The number of hydrogen-bond donors (Lipinski definition) is 0. The highest BCUT2D eigenvalue weighted by Crippen LogP contribution is 2.23. The molecule has 2 aromatic carbocycles. The zero-order valence-corrected chi connectivity index (χ0v) is 15.7. The van der Waals surface area contributed by atoms with Gasteiger partial charge >= 0.3 is 0 Å². The number of rotatable bonds is 3. The smallest absolute Gasteiger partial charge is 0.253 e. The molecule has 0 aromatic heterocycles. The van der Waals surface area contributed by atoms with Crippen LogP contribution in [0.4, 0.5) is 0 Å². The van der Waals surface area contributed by atoms with Gasteiger partial charge in [-0.05, 0) is 67.0 Å². The molecule has 0 bridgehead atoms. The zero-order chi connectivity index (χ0) is 17.9. The molecule has 1 aliphatic heterocycles. The van der Waals surface area contributed by atoms with Crippen molar-refractivity contribution >= 4 is 5.91 Å². The van der Waals surface area contributed by atoms with Crippen LogP contribution in [0.1, 0.15) is 45.5 Å². The van der Waals surface area contributed by atoms with Crippen molar-refractivity contribution in [2.24, 2.45) is 0 Å². The van der Waals surface area contributed by atoms with Crippen molar-refractivity contribution in [3.8, 4) is 0 Å². The Kier molecular flexibility index (Phi) is 5.07. The van der Waals surface area contributed by atoms with Gasteiger partial charge in [0.15, 0.2) is 0 Å². The number of hydrogen-bond acceptors (Lipinski definition) is 2. The van der Waals surface area contributed by atoms with E-state index in [9.17, 15) is 4.79 Å². The highest BCUT2D eigenvalue weighted by atomic mass is 16.2. The fraction of sp³-hybridized carbons (Fsp3) is 0.435. The predicted molar refractivity (Wildman–Crippen MR) is 105 cm³/mol. The maximum absolute atomic E-state index is 13.0. The average Bonchev–Trinajstić information content (AvgIpc) is 3.01. The van der Waals surface area contributed by atoms with Gasteiger partial charge < -0.3 is 4.90 Å². The van der Waals surface area contributed by atoms with Gasteiger partial charge in [-0.2, -0.15) is 0 Å². The standard InChI is InChI=1S/C23H28N2O/c1-18-6-2-3-7-22(18)17-24-12-5-13-25(15-14-24)23(26)21-11-10-19-8-4-9-20(19)16-21/h2-3,6-7,10-11,16H,4-5,8-9,12-15,17H2,1H3. The number of fused-ring (bicyclic) bond motifs is 1. The van der Waals surface area contributed by atoms with Crippen LogP contribution in [0.5, 0.6) is 0 Å². The molecule has 3 heteroatoms. The van der Waals surface area contributed by atoms with E-state index in [-0.39, 0.29) is 5.91 Å². The van der Waals surface area contributed by atoms with Crippen molar-refractivity contribution in [3.63, 3.8) is 0 Å². The lowest BCUT2D eigenvalue weighted by Crippen LogP contribution is -2.35. The van der Waals surface area contributed by atoms with Gasteiger partial charge in [-0.3, -0.25) is 9.69 Å². The molecule has 0 radical (unpaired) electrons. The summed E-state index contributed by atoms with van der Waals surface area (Å²) in [6.07, 6.45) is 4.56. The SMILES string of the molecule is Cc1ccccc1CN1CCCN(C(=O)c2ccc3c(c2)CCC3)CC1. The summed E-state index contributed by atoms with van der Waals surface area (Å²) >= 11 is 0. The largest absolute Gasteiger partial charge is 0.337 e. The van der Waals surface area contributed by atoms with Gasteiger partial charge in [0.25, 0.3) is 5.91 Å². The number of benzene rings is 2. The maximum Gasteiger partial charge on any atom is 0.253 e. The molecule has 1 fully saturated rings. The molecule has 0 saturated carbocycles. The van der Waals surface area contributed by atoms with Crippen LogP contribution in [0.3, 0.4) is 0 Å². The normalized spacial score (nSPS) is 17.8. The lowest BCUT2D eigenvalue weighted by molar-refractivity contribution is 0.0761. The molecule has 1 heterocycles. The predicted octanol–water partition coefficient (Wildman–Crippen LogP) is 3.83. The summed E-state index contributed by atoms with van der Waals surface area (Å²) in [6, 6.07) is 14.9. The second kappa shape index (κ2) is 7.63. The third-order valence-corrected chi connectivity index (χ3v) is 5.88. The van der Waals surface area contributed by atoms with E-state index in [1.54, 1.807) is 0 Å². The van der Waals surface area contributed by atoms with Crippen molar-refractivity contribution in [1.29, 1.82) is 0 Å². The Balaban J connectivity index is 1.40. The molecular formula is C23H28N2O. The van der Waals surface area contributed by atoms with Crippen LogP contribution in [-0.4, -0.2) is 41.9 Å². The Hall–Kier alpha value is -2.13. The summed E-state index contributed by atoms with van der Waals surface area (Å²) in [5.74, 6) is 0.206. The van der Waals surface area contributed by atoms with E-state index in [4.69, 9.17) is 0 Å². The minimum absolute atomic E-state index is 0.206. The Morgan fingerprint density at radius 2 is 1.77 bits per heavy atom. The summed E-state index contributed by atoms with van der Waals surface area (Å²) in [5.41, 5.74) is 6.43. The van der Waals surface area contributed by atoms with Gasteiger partial charge in [0.1, 0.15) is 0 Å². The number of amides is 1. The van der Waals surface area contributed by atoms with E-state index in [1.807, 2.05) is 6.07 Å². The molecule has 1 saturated heterocycles. The number of nitrogens with zero attached hydrogens (tertiary/aromatic N) is 2. The molecule has 0 N–H and O–H groups in total. The summed E-state index contributed by atoms with van der Waals surface area (Å²) in [4.78, 5) is 17.5. The molecule has 2 aromatic rings.